The van der Waals surface area contributed by atoms with Gasteiger partial charge in [-0.05, 0) is 40.8 Å². The average Bonchev–Trinajstić information content (AvgIpc) is 2.24. The zero-order valence-electron chi connectivity index (χ0n) is 9.33. The summed E-state index contributed by atoms with van der Waals surface area (Å²) in [5, 5.41) is 13.7. The SMILES string of the molecule is COc1ccc(I)cc1N(CC(=O)O)S(N)(=O)=O. The number of carbonyl (C=O) groups is 1. The molecular weight excluding hydrogens is 375 g/mol. The van der Waals surface area contributed by atoms with Crippen molar-refractivity contribution in [2.45, 2.75) is 0 Å². The molecule has 0 aliphatic carbocycles. The quantitative estimate of drug-likeness (QED) is 0.712. The van der Waals surface area contributed by atoms with Gasteiger partial charge in [-0.15, -0.1) is 0 Å². The normalized spacial score (nSPS) is 11.1. The number of hydrogen-bond acceptors (Lipinski definition) is 4. The van der Waals surface area contributed by atoms with Crippen LogP contribution in [0.4, 0.5) is 5.69 Å². The highest BCUT2D eigenvalue weighted by Gasteiger charge is 2.24. The average molecular weight is 386 g/mol. The van der Waals surface area contributed by atoms with Crippen LogP contribution in [0.2, 0.25) is 0 Å². The van der Waals surface area contributed by atoms with Crippen LogP contribution in [0.15, 0.2) is 18.2 Å². The Labute approximate surface area is 118 Å². The first kappa shape index (κ1) is 15.0. The first-order chi connectivity index (χ1) is 8.25. The van der Waals surface area contributed by atoms with Crippen LogP contribution in [-0.2, 0) is 15.0 Å². The third-order valence-electron chi connectivity index (χ3n) is 2.00. The molecule has 0 aliphatic heterocycles. The molecule has 9 heteroatoms. The molecule has 7 nitrogen and oxygen atoms in total. The van der Waals surface area contributed by atoms with Gasteiger partial charge in [-0.3, -0.25) is 4.79 Å². The van der Waals surface area contributed by atoms with E-state index in [-0.39, 0.29) is 11.4 Å². The molecule has 18 heavy (non-hydrogen) atoms. The van der Waals surface area contributed by atoms with E-state index in [1.165, 1.54) is 19.2 Å². The summed E-state index contributed by atoms with van der Waals surface area (Å²) < 4.78 is 29.2. The molecule has 0 radical (unpaired) electrons. The van der Waals surface area contributed by atoms with E-state index in [1.54, 1.807) is 6.07 Å². The zero-order valence-corrected chi connectivity index (χ0v) is 12.3. The molecule has 0 unspecified atom stereocenters. The Kier molecular flexibility index (Phi) is 4.76. The highest BCUT2D eigenvalue weighted by Crippen LogP contribution is 2.30. The summed E-state index contributed by atoms with van der Waals surface area (Å²) >= 11 is 1.97. The molecule has 1 aromatic carbocycles. The standard InChI is InChI=1S/C9H11IN2O5S/c1-17-8-3-2-6(10)4-7(8)12(5-9(13)14)18(11,15)16/h2-4H,5H2,1H3,(H,13,14)(H2,11,15,16). The van der Waals surface area contributed by atoms with Gasteiger partial charge in [0.2, 0.25) is 0 Å². The fourth-order valence-electron chi connectivity index (χ4n) is 1.29. The molecule has 0 bridgehead atoms. The number of hydrogen-bond donors (Lipinski definition) is 2. The van der Waals surface area contributed by atoms with Crippen molar-refractivity contribution in [3.05, 3.63) is 21.8 Å². The molecule has 0 aromatic heterocycles. The molecule has 0 atom stereocenters. The fourth-order valence-corrected chi connectivity index (χ4v) is 2.48. The lowest BCUT2D eigenvalue weighted by Crippen LogP contribution is -2.40. The van der Waals surface area contributed by atoms with Crippen LogP contribution >= 0.6 is 22.6 Å². The van der Waals surface area contributed by atoms with Crippen molar-refractivity contribution in [3.63, 3.8) is 0 Å². The lowest BCUT2D eigenvalue weighted by atomic mass is 10.3. The highest BCUT2D eigenvalue weighted by molar-refractivity contribution is 14.1. The molecular formula is C9H11IN2O5S. The monoisotopic (exact) mass is 386 g/mol. The number of benzene rings is 1. The van der Waals surface area contributed by atoms with Gasteiger partial charge in [-0.2, -0.15) is 8.42 Å². The smallest absolute Gasteiger partial charge is 0.324 e. The number of methoxy groups -OCH3 is 1. The summed E-state index contributed by atoms with van der Waals surface area (Å²) in [6.07, 6.45) is 0. The van der Waals surface area contributed by atoms with Crippen LogP contribution in [0.5, 0.6) is 5.75 Å². The first-order valence-corrected chi connectivity index (χ1v) is 7.19. The Morgan fingerprint density at radius 3 is 2.61 bits per heavy atom. The molecule has 0 amide bonds. The van der Waals surface area contributed by atoms with E-state index in [0.717, 1.165) is 3.57 Å². The van der Waals surface area contributed by atoms with Crippen LogP contribution in [0, 0.1) is 3.57 Å². The minimum Gasteiger partial charge on any atom is -0.495 e. The van der Waals surface area contributed by atoms with E-state index >= 15 is 0 Å². The summed E-state index contributed by atoms with van der Waals surface area (Å²) in [6, 6.07) is 4.72. The minimum absolute atomic E-state index is 0.0919. The van der Waals surface area contributed by atoms with Crippen molar-refractivity contribution in [2.75, 3.05) is 18.0 Å². The highest BCUT2D eigenvalue weighted by atomic mass is 127. The minimum atomic E-state index is -4.19. The summed E-state index contributed by atoms with van der Waals surface area (Å²) in [5.41, 5.74) is 0.0919. The van der Waals surface area contributed by atoms with Crippen molar-refractivity contribution in [3.8, 4) is 5.75 Å². The number of halogens is 1. The molecule has 1 rings (SSSR count). The maximum absolute atomic E-state index is 11.4. The second-order valence-corrected chi connectivity index (χ2v) is 5.98. The number of nitrogens with zero attached hydrogens (tertiary/aromatic N) is 1. The third-order valence-corrected chi connectivity index (χ3v) is 3.61. The Hall–Kier alpha value is -1.07. The Balaban J connectivity index is 3.37. The second-order valence-electron chi connectivity index (χ2n) is 3.26. The predicted octanol–water partition coefficient (Wildman–Crippen LogP) is 0.394. The maximum Gasteiger partial charge on any atom is 0.324 e. The molecule has 0 fully saturated rings. The van der Waals surface area contributed by atoms with Gasteiger partial charge < -0.3 is 9.84 Å². The van der Waals surface area contributed by atoms with E-state index in [9.17, 15) is 13.2 Å². The van der Waals surface area contributed by atoms with Gasteiger partial charge >= 0.3 is 5.97 Å². The van der Waals surface area contributed by atoms with Crippen molar-refractivity contribution in [2.24, 2.45) is 5.14 Å². The van der Waals surface area contributed by atoms with Gasteiger partial charge in [0.25, 0.3) is 10.2 Å². The van der Waals surface area contributed by atoms with Crippen LogP contribution in [0.3, 0.4) is 0 Å². The molecule has 100 valence electrons. The Morgan fingerprint density at radius 1 is 1.56 bits per heavy atom. The second kappa shape index (κ2) is 5.71. The van der Waals surface area contributed by atoms with Crippen LogP contribution < -0.4 is 14.2 Å². The molecule has 0 heterocycles. The van der Waals surface area contributed by atoms with Gasteiger partial charge in [0.1, 0.15) is 12.3 Å². The van der Waals surface area contributed by atoms with E-state index in [1.807, 2.05) is 22.6 Å². The number of anilines is 1. The topological polar surface area (TPSA) is 110 Å². The Bertz CT molecular complexity index is 560. The summed E-state index contributed by atoms with van der Waals surface area (Å²) in [7, 11) is -2.84. The summed E-state index contributed by atoms with van der Waals surface area (Å²) in [6.45, 7) is -0.769. The number of carboxylic acid groups (broad SMARTS) is 1. The van der Waals surface area contributed by atoms with E-state index in [0.29, 0.717) is 4.31 Å². The number of carboxylic acids is 1. The van der Waals surface area contributed by atoms with Gasteiger partial charge in [0.15, 0.2) is 0 Å². The maximum atomic E-state index is 11.4. The number of ether oxygens (including phenoxy) is 1. The van der Waals surface area contributed by atoms with Crippen LogP contribution in [-0.4, -0.2) is 33.1 Å². The van der Waals surface area contributed by atoms with Gasteiger partial charge in [-0.25, -0.2) is 9.44 Å². The lowest BCUT2D eigenvalue weighted by molar-refractivity contribution is -0.135. The van der Waals surface area contributed by atoms with E-state index < -0.39 is 22.7 Å². The zero-order chi connectivity index (χ0) is 13.9. The molecule has 0 saturated heterocycles. The van der Waals surface area contributed by atoms with Crippen LogP contribution in [0.1, 0.15) is 0 Å². The van der Waals surface area contributed by atoms with E-state index in [4.69, 9.17) is 15.0 Å². The van der Waals surface area contributed by atoms with E-state index in [2.05, 4.69) is 0 Å². The molecule has 0 spiro atoms. The van der Waals surface area contributed by atoms with Crippen molar-refractivity contribution in [1.82, 2.24) is 0 Å². The number of aliphatic carboxylic acids is 1. The Morgan fingerprint density at radius 2 is 2.17 bits per heavy atom. The predicted molar refractivity (Wildman–Crippen MR) is 73.8 cm³/mol. The third kappa shape index (κ3) is 3.71. The van der Waals surface area contributed by atoms with Crippen molar-refractivity contribution >= 4 is 44.5 Å². The molecule has 3 N–H and O–H groups in total. The van der Waals surface area contributed by atoms with Gasteiger partial charge in [-0.1, -0.05) is 0 Å². The number of nitrogens with two attached hydrogens (primary N) is 1. The van der Waals surface area contributed by atoms with Crippen LogP contribution in [0.25, 0.3) is 0 Å². The fraction of sp³-hybridized carbons (Fsp3) is 0.222. The lowest BCUT2D eigenvalue weighted by Gasteiger charge is -2.22. The molecule has 0 aliphatic rings. The first-order valence-electron chi connectivity index (χ1n) is 4.61. The summed E-state index contributed by atoms with van der Waals surface area (Å²) in [4.78, 5) is 10.7. The largest absolute Gasteiger partial charge is 0.495 e. The molecule has 1 aromatic rings. The van der Waals surface area contributed by atoms with Crippen molar-refractivity contribution in [1.29, 1.82) is 0 Å². The van der Waals surface area contributed by atoms with Gasteiger partial charge in [0, 0.05) is 3.57 Å². The number of rotatable bonds is 5. The van der Waals surface area contributed by atoms with Crippen molar-refractivity contribution < 1.29 is 23.1 Å². The summed E-state index contributed by atoms with van der Waals surface area (Å²) in [5.74, 6) is -1.09. The van der Waals surface area contributed by atoms with Gasteiger partial charge in [0.05, 0.1) is 12.8 Å². The molecule has 0 saturated carbocycles.